The second-order valence-electron chi connectivity index (χ2n) is 3.26. The highest BCUT2D eigenvalue weighted by Gasteiger charge is 2.05. The zero-order valence-corrected chi connectivity index (χ0v) is 9.61. The highest BCUT2D eigenvalue weighted by Crippen LogP contribution is 1.99. The van der Waals surface area contributed by atoms with Crippen LogP contribution in [0, 0.1) is 5.92 Å². The van der Waals surface area contributed by atoms with Crippen LogP contribution in [0.1, 0.15) is 13.3 Å². The van der Waals surface area contributed by atoms with E-state index in [1.54, 1.807) is 11.8 Å². The Balaban J connectivity index is 3.31. The third-order valence-corrected chi connectivity index (χ3v) is 2.70. The van der Waals surface area contributed by atoms with Gasteiger partial charge in [0.05, 0.1) is 0 Å². The van der Waals surface area contributed by atoms with Gasteiger partial charge >= 0.3 is 0 Å². The molecule has 3 nitrogen and oxygen atoms in total. The summed E-state index contributed by atoms with van der Waals surface area (Å²) in [4.78, 5) is 11.2. The van der Waals surface area contributed by atoms with E-state index in [-0.39, 0.29) is 11.8 Å². The quantitative estimate of drug-likeness (QED) is 0.470. The Hall–Kier alpha value is -0.480. The highest BCUT2D eigenvalue weighted by atomic mass is 32.2. The van der Waals surface area contributed by atoms with Crippen molar-refractivity contribution in [3.63, 3.8) is 0 Å². The molecule has 0 radical (unpaired) electrons. The number of carbonyl (C=O) groups excluding carboxylic acids is 1. The Bertz CT molecular complexity index is 174. The van der Waals surface area contributed by atoms with Gasteiger partial charge in [0.15, 0.2) is 0 Å². The van der Waals surface area contributed by atoms with E-state index in [2.05, 4.69) is 11.9 Å². The minimum Gasteiger partial charge on any atom is -0.355 e. The molecule has 0 saturated carbocycles. The van der Waals surface area contributed by atoms with Gasteiger partial charge in [0.1, 0.15) is 0 Å². The molecule has 0 aliphatic carbocycles. The first-order valence-electron chi connectivity index (χ1n) is 4.86. The maximum atomic E-state index is 11.2. The third kappa shape index (κ3) is 8.13. The van der Waals surface area contributed by atoms with E-state index < -0.39 is 0 Å². The first-order chi connectivity index (χ1) is 6.70. The number of amides is 1. The van der Waals surface area contributed by atoms with Crippen molar-refractivity contribution in [1.29, 1.82) is 0 Å². The molecule has 1 unspecified atom stereocenters. The predicted molar refractivity (Wildman–Crippen MR) is 63.4 cm³/mol. The summed E-state index contributed by atoms with van der Waals surface area (Å²) in [5.74, 6) is 2.25. The van der Waals surface area contributed by atoms with E-state index in [1.165, 1.54) is 0 Å². The van der Waals surface area contributed by atoms with Gasteiger partial charge in [-0.3, -0.25) is 4.79 Å². The summed E-state index contributed by atoms with van der Waals surface area (Å²) in [5, 5.41) is 2.86. The normalized spacial score (nSPS) is 12.1. The summed E-state index contributed by atoms with van der Waals surface area (Å²) in [5.41, 5.74) is 5.42. The van der Waals surface area contributed by atoms with Gasteiger partial charge in [0, 0.05) is 24.5 Å². The molecule has 0 aromatic rings. The molecule has 1 amide bonds. The van der Waals surface area contributed by atoms with Gasteiger partial charge in [0.2, 0.25) is 5.91 Å². The fourth-order valence-electron chi connectivity index (χ4n) is 0.901. The van der Waals surface area contributed by atoms with Gasteiger partial charge in [-0.1, -0.05) is 13.0 Å². The summed E-state index contributed by atoms with van der Waals surface area (Å²) in [7, 11) is 0. The number of hydrogen-bond acceptors (Lipinski definition) is 3. The van der Waals surface area contributed by atoms with E-state index in [1.807, 2.05) is 13.0 Å². The lowest BCUT2D eigenvalue weighted by atomic mass is 10.1. The molecule has 0 aliphatic rings. The number of carbonyl (C=O) groups is 1. The predicted octanol–water partition coefficient (Wildman–Crippen LogP) is 1.01. The minimum atomic E-state index is 0.0992. The topological polar surface area (TPSA) is 55.1 Å². The molecule has 0 aromatic heterocycles. The van der Waals surface area contributed by atoms with Crippen molar-refractivity contribution in [1.82, 2.24) is 5.32 Å². The Morgan fingerprint density at radius 3 is 3.00 bits per heavy atom. The van der Waals surface area contributed by atoms with Gasteiger partial charge in [-0.15, -0.1) is 6.58 Å². The van der Waals surface area contributed by atoms with E-state index in [4.69, 9.17) is 5.73 Å². The molecule has 0 saturated heterocycles. The smallest absolute Gasteiger partial charge is 0.220 e. The molecule has 4 heteroatoms. The Morgan fingerprint density at radius 2 is 2.43 bits per heavy atom. The molecule has 0 bridgehead atoms. The van der Waals surface area contributed by atoms with E-state index in [0.29, 0.717) is 13.0 Å². The molecule has 0 heterocycles. The first-order valence-corrected chi connectivity index (χ1v) is 6.01. The van der Waals surface area contributed by atoms with Crippen LogP contribution in [-0.4, -0.2) is 30.5 Å². The van der Waals surface area contributed by atoms with Gasteiger partial charge in [-0.2, -0.15) is 11.8 Å². The van der Waals surface area contributed by atoms with Crippen LogP contribution in [0.5, 0.6) is 0 Å². The number of nitrogens with two attached hydrogens (primary N) is 1. The van der Waals surface area contributed by atoms with Crippen LogP contribution in [-0.2, 0) is 4.79 Å². The van der Waals surface area contributed by atoms with E-state index in [9.17, 15) is 4.79 Å². The number of thioether (sulfide) groups is 1. The van der Waals surface area contributed by atoms with Crippen LogP contribution in [0.2, 0.25) is 0 Å². The average molecular weight is 216 g/mol. The van der Waals surface area contributed by atoms with Crippen molar-refractivity contribution in [2.45, 2.75) is 13.3 Å². The van der Waals surface area contributed by atoms with Crippen LogP contribution < -0.4 is 11.1 Å². The molecule has 0 rings (SSSR count). The summed E-state index contributed by atoms with van der Waals surface area (Å²) >= 11 is 1.76. The lowest BCUT2D eigenvalue weighted by Gasteiger charge is -2.08. The van der Waals surface area contributed by atoms with Crippen molar-refractivity contribution < 1.29 is 4.79 Å². The molecule has 1 atom stereocenters. The summed E-state index contributed by atoms with van der Waals surface area (Å²) in [6.07, 6.45) is 2.39. The maximum absolute atomic E-state index is 11.2. The molecule has 0 aliphatic heterocycles. The van der Waals surface area contributed by atoms with E-state index >= 15 is 0 Å². The van der Waals surface area contributed by atoms with Crippen LogP contribution in [0.3, 0.4) is 0 Å². The van der Waals surface area contributed by atoms with Crippen molar-refractivity contribution in [2.24, 2.45) is 11.7 Å². The molecular formula is C10H20N2OS. The molecule has 0 aromatic carbocycles. The van der Waals surface area contributed by atoms with Crippen LogP contribution in [0.25, 0.3) is 0 Å². The molecule has 82 valence electrons. The third-order valence-electron chi connectivity index (χ3n) is 1.74. The summed E-state index contributed by atoms with van der Waals surface area (Å²) in [6, 6.07) is 0. The highest BCUT2D eigenvalue weighted by molar-refractivity contribution is 7.99. The van der Waals surface area contributed by atoms with Gasteiger partial charge in [-0.25, -0.2) is 0 Å². The average Bonchev–Trinajstić information content (AvgIpc) is 2.17. The van der Waals surface area contributed by atoms with Gasteiger partial charge in [0.25, 0.3) is 0 Å². The van der Waals surface area contributed by atoms with Crippen molar-refractivity contribution in [2.75, 3.05) is 24.6 Å². The summed E-state index contributed by atoms with van der Waals surface area (Å²) in [6.45, 7) is 6.90. The minimum absolute atomic E-state index is 0.0992. The second-order valence-corrected chi connectivity index (χ2v) is 4.41. The number of rotatable bonds is 8. The van der Waals surface area contributed by atoms with Crippen molar-refractivity contribution >= 4 is 17.7 Å². The fraction of sp³-hybridized carbons (Fsp3) is 0.700. The molecule has 3 N–H and O–H groups in total. The van der Waals surface area contributed by atoms with Crippen LogP contribution in [0.15, 0.2) is 12.7 Å². The molecule has 0 fully saturated rings. The molecule has 14 heavy (non-hydrogen) atoms. The van der Waals surface area contributed by atoms with E-state index in [0.717, 1.165) is 18.1 Å². The van der Waals surface area contributed by atoms with Gasteiger partial charge < -0.3 is 11.1 Å². The lowest BCUT2D eigenvalue weighted by molar-refractivity contribution is -0.121. The zero-order valence-electron chi connectivity index (χ0n) is 8.79. The standard InChI is InChI=1S/C10H20N2OS/c1-3-5-14-6-4-12-10(13)7-9(2)8-11/h3,9H,1,4-8,11H2,2H3,(H,12,13). The second kappa shape index (κ2) is 9.09. The summed E-state index contributed by atoms with van der Waals surface area (Å²) < 4.78 is 0. The van der Waals surface area contributed by atoms with Crippen LogP contribution in [0.4, 0.5) is 0 Å². The maximum Gasteiger partial charge on any atom is 0.220 e. The zero-order chi connectivity index (χ0) is 10.8. The monoisotopic (exact) mass is 216 g/mol. The van der Waals surface area contributed by atoms with Crippen molar-refractivity contribution in [3.05, 3.63) is 12.7 Å². The van der Waals surface area contributed by atoms with Crippen molar-refractivity contribution in [3.8, 4) is 0 Å². The molecule has 0 spiro atoms. The number of hydrogen-bond donors (Lipinski definition) is 2. The number of nitrogens with one attached hydrogen (secondary N) is 1. The Morgan fingerprint density at radius 1 is 1.71 bits per heavy atom. The Labute approximate surface area is 90.5 Å². The SMILES string of the molecule is C=CCSCCNC(=O)CC(C)CN. The Kier molecular flexibility index (Phi) is 8.78. The fourth-order valence-corrected chi connectivity index (χ4v) is 1.48. The first kappa shape index (κ1) is 13.5. The van der Waals surface area contributed by atoms with Crippen LogP contribution >= 0.6 is 11.8 Å². The molecular weight excluding hydrogens is 196 g/mol. The lowest BCUT2D eigenvalue weighted by Crippen LogP contribution is -2.28. The largest absolute Gasteiger partial charge is 0.355 e. The van der Waals surface area contributed by atoms with Gasteiger partial charge in [-0.05, 0) is 12.5 Å².